The lowest BCUT2D eigenvalue weighted by molar-refractivity contribution is -0.0667. The number of hydrogen-bond acceptors (Lipinski definition) is 3. The van der Waals surface area contributed by atoms with Crippen LogP contribution in [-0.2, 0) is 4.74 Å². The van der Waals surface area contributed by atoms with Crippen LogP contribution in [0.25, 0.3) is 0 Å². The van der Waals surface area contributed by atoms with E-state index in [9.17, 15) is 9.18 Å². The van der Waals surface area contributed by atoms with E-state index in [1.165, 1.54) is 6.07 Å². The van der Waals surface area contributed by atoms with Gasteiger partial charge < -0.3 is 14.7 Å². The first-order valence-corrected chi connectivity index (χ1v) is 6.81. The topological polar surface area (TPSA) is 49.8 Å². The van der Waals surface area contributed by atoms with Crippen molar-refractivity contribution < 1.29 is 19.0 Å². The van der Waals surface area contributed by atoms with E-state index in [0.29, 0.717) is 18.7 Å². The molecule has 2 rings (SSSR count). The van der Waals surface area contributed by atoms with Gasteiger partial charge >= 0.3 is 0 Å². The number of nitrogens with zero attached hydrogens (tertiary/aromatic N) is 1. The summed E-state index contributed by atoms with van der Waals surface area (Å²) in [6, 6.07) is 2.49. The Kier molecular flexibility index (Phi) is 4.62. The average molecular weight is 302 g/mol. The molecule has 0 radical (unpaired) electrons. The summed E-state index contributed by atoms with van der Waals surface area (Å²) in [4.78, 5) is 14.1. The van der Waals surface area contributed by atoms with E-state index in [1.807, 2.05) is 6.92 Å². The summed E-state index contributed by atoms with van der Waals surface area (Å²) in [5, 5.41) is 9.24. The maximum absolute atomic E-state index is 13.4. The summed E-state index contributed by atoms with van der Waals surface area (Å²) in [6.45, 7) is 3.95. The van der Waals surface area contributed by atoms with E-state index in [-0.39, 0.29) is 29.1 Å². The zero-order chi connectivity index (χ0) is 14.9. The number of carbonyl (C=O) groups excluding carboxylic acids is 1. The zero-order valence-corrected chi connectivity index (χ0v) is 12.2. The Balaban J connectivity index is 2.28. The third-order valence-corrected chi connectivity index (χ3v) is 3.76. The molecule has 1 aliphatic rings. The number of morpholine rings is 1. The Morgan fingerprint density at radius 3 is 2.95 bits per heavy atom. The van der Waals surface area contributed by atoms with Crippen LogP contribution in [0.1, 0.15) is 22.8 Å². The highest BCUT2D eigenvalue weighted by atomic mass is 35.5. The summed E-state index contributed by atoms with van der Waals surface area (Å²) in [5.41, 5.74) is 0.647. The highest BCUT2D eigenvalue weighted by Gasteiger charge is 2.31. The molecule has 0 saturated carbocycles. The first kappa shape index (κ1) is 15.2. The van der Waals surface area contributed by atoms with Gasteiger partial charge in [0.2, 0.25) is 0 Å². The molecule has 1 fully saturated rings. The number of ether oxygens (including phenoxy) is 1. The van der Waals surface area contributed by atoms with Crippen LogP contribution in [0, 0.1) is 12.7 Å². The second kappa shape index (κ2) is 6.08. The number of amides is 1. The number of benzene rings is 1. The highest BCUT2D eigenvalue weighted by Crippen LogP contribution is 2.24. The predicted molar refractivity (Wildman–Crippen MR) is 73.5 cm³/mol. The minimum absolute atomic E-state index is 0.0948. The summed E-state index contributed by atoms with van der Waals surface area (Å²) in [6.07, 6.45) is -0.393. The van der Waals surface area contributed by atoms with Crippen LogP contribution in [-0.4, -0.2) is 47.8 Å². The molecule has 0 aliphatic carbocycles. The van der Waals surface area contributed by atoms with Crippen molar-refractivity contribution in [2.45, 2.75) is 26.0 Å². The van der Waals surface area contributed by atoms with Crippen molar-refractivity contribution in [3.8, 4) is 0 Å². The third-order valence-electron chi connectivity index (χ3n) is 3.45. The molecule has 6 heteroatoms. The van der Waals surface area contributed by atoms with Crippen LogP contribution < -0.4 is 0 Å². The van der Waals surface area contributed by atoms with Gasteiger partial charge in [0, 0.05) is 6.54 Å². The standard InChI is InChI=1S/C14H17ClFNO3/c1-8-3-11(12(15)4-13(8)16)14(19)17-5-10(6-18)20-7-9(17)2/h3-4,9-10,18H,5-7H2,1-2H3. The Labute approximate surface area is 122 Å². The van der Waals surface area contributed by atoms with Gasteiger partial charge in [-0.1, -0.05) is 11.6 Å². The fraction of sp³-hybridized carbons (Fsp3) is 0.500. The Bertz CT molecular complexity index is 523. The minimum Gasteiger partial charge on any atom is -0.394 e. The molecule has 2 unspecified atom stereocenters. The molecule has 1 amide bonds. The maximum Gasteiger partial charge on any atom is 0.255 e. The van der Waals surface area contributed by atoms with Crippen molar-refractivity contribution in [2.24, 2.45) is 0 Å². The Morgan fingerprint density at radius 2 is 2.30 bits per heavy atom. The molecule has 1 aliphatic heterocycles. The summed E-state index contributed by atoms with van der Waals surface area (Å²) >= 11 is 5.97. The van der Waals surface area contributed by atoms with Crippen LogP contribution in [0.2, 0.25) is 5.02 Å². The van der Waals surface area contributed by atoms with Gasteiger partial charge in [0.25, 0.3) is 5.91 Å². The molecular formula is C14H17ClFNO3. The fourth-order valence-electron chi connectivity index (χ4n) is 2.19. The SMILES string of the molecule is Cc1cc(C(=O)N2CC(CO)OCC2C)c(Cl)cc1F. The number of hydrogen-bond donors (Lipinski definition) is 1. The van der Waals surface area contributed by atoms with Gasteiger partial charge in [-0.05, 0) is 31.5 Å². The van der Waals surface area contributed by atoms with Crippen LogP contribution in [0.5, 0.6) is 0 Å². The van der Waals surface area contributed by atoms with E-state index in [4.69, 9.17) is 21.4 Å². The molecule has 1 N–H and O–H groups in total. The second-order valence-electron chi connectivity index (χ2n) is 5.03. The van der Waals surface area contributed by atoms with Crippen molar-refractivity contribution in [1.82, 2.24) is 4.90 Å². The van der Waals surface area contributed by atoms with Gasteiger partial charge in [0.1, 0.15) is 5.82 Å². The molecule has 1 aromatic rings. The summed E-state index contributed by atoms with van der Waals surface area (Å²) in [5.74, 6) is -0.706. The molecule has 4 nitrogen and oxygen atoms in total. The van der Waals surface area contributed by atoms with Crippen LogP contribution in [0.3, 0.4) is 0 Å². The first-order chi connectivity index (χ1) is 9.43. The van der Waals surface area contributed by atoms with E-state index >= 15 is 0 Å². The quantitative estimate of drug-likeness (QED) is 0.909. The van der Waals surface area contributed by atoms with Crippen molar-refractivity contribution in [1.29, 1.82) is 0 Å². The fourth-order valence-corrected chi connectivity index (χ4v) is 2.42. The molecular weight excluding hydrogens is 285 g/mol. The van der Waals surface area contributed by atoms with Crippen LogP contribution in [0.15, 0.2) is 12.1 Å². The second-order valence-corrected chi connectivity index (χ2v) is 5.43. The first-order valence-electron chi connectivity index (χ1n) is 6.43. The largest absolute Gasteiger partial charge is 0.394 e. The highest BCUT2D eigenvalue weighted by molar-refractivity contribution is 6.33. The van der Waals surface area contributed by atoms with Gasteiger partial charge in [0.05, 0.1) is 35.9 Å². The van der Waals surface area contributed by atoms with Crippen molar-refractivity contribution >= 4 is 17.5 Å². The summed E-state index contributed by atoms with van der Waals surface area (Å²) in [7, 11) is 0. The Hall–Kier alpha value is -1.17. The van der Waals surface area contributed by atoms with Crippen LogP contribution in [0.4, 0.5) is 4.39 Å². The van der Waals surface area contributed by atoms with E-state index in [1.54, 1.807) is 11.8 Å². The number of aliphatic hydroxyl groups is 1. The smallest absolute Gasteiger partial charge is 0.255 e. The zero-order valence-electron chi connectivity index (χ0n) is 11.4. The molecule has 1 saturated heterocycles. The molecule has 0 bridgehead atoms. The number of aliphatic hydroxyl groups excluding tert-OH is 1. The Morgan fingerprint density at radius 1 is 1.60 bits per heavy atom. The average Bonchev–Trinajstić information content (AvgIpc) is 2.42. The number of carbonyl (C=O) groups is 1. The molecule has 20 heavy (non-hydrogen) atoms. The molecule has 0 spiro atoms. The van der Waals surface area contributed by atoms with E-state index in [0.717, 1.165) is 6.07 Å². The summed E-state index contributed by atoms with van der Waals surface area (Å²) < 4.78 is 18.8. The van der Waals surface area contributed by atoms with Crippen molar-refractivity contribution in [2.75, 3.05) is 19.8 Å². The number of halogens is 2. The van der Waals surface area contributed by atoms with Gasteiger partial charge in [-0.2, -0.15) is 0 Å². The monoisotopic (exact) mass is 301 g/mol. The molecule has 2 atom stereocenters. The lowest BCUT2D eigenvalue weighted by Crippen LogP contribution is -2.52. The normalized spacial score (nSPS) is 22.9. The lowest BCUT2D eigenvalue weighted by atomic mass is 10.1. The van der Waals surface area contributed by atoms with Gasteiger partial charge in [-0.25, -0.2) is 4.39 Å². The maximum atomic E-state index is 13.4. The van der Waals surface area contributed by atoms with Gasteiger partial charge in [-0.15, -0.1) is 0 Å². The number of rotatable bonds is 2. The van der Waals surface area contributed by atoms with Crippen molar-refractivity contribution in [3.63, 3.8) is 0 Å². The van der Waals surface area contributed by atoms with Crippen molar-refractivity contribution in [3.05, 3.63) is 34.1 Å². The van der Waals surface area contributed by atoms with E-state index < -0.39 is 11.9 Å². The molecule has 1 heterocycles. The minimum atomic E-state index is -0.435. The third kappa shape index (κ3) is 2.95. The lowest BCUT2D eigenvalue weighted by Gasteiger charge is -2.37. The van der Waals surface area contributed by atoms with Crippen LogP contribution >= 0.6 is 11.6 Å². The van der Waals surface area contributed by atoms with Gasteiger partial charge in [0.15, 0.2) is 0 Å². The van der Waals surface area contributed by atoms with E-state index in [2.05, 4.69) is 0 Å². The predicted octanol–water partition coefficient (Wildman–Crippen LogP) is 2.01. The molecule has 110 valence electrons. The molecule has 0 aromatic heterocycles. The number of aryl methyl sites for hydroxylation is 1. The van der Waals surface area contributed by atoms with Gasteiger partial charge in [-0.3, -0.25) is 4.79 Å². The molecule has 1 aromatic carbocycles.